The number of nitrogens with two attached hydrogens (primary N) is 1. The first-order chi connectivity index (χ1) is 10.3. The molecular formula is C20H35N2. The molecule has 0 spiro atoms. The topological polar surface area (TPSA) is 29.3 Å². The van der Waals surface area contributed by atoms with E-state index in [1.807, 2.05) is 6.08 Å². The van der Waals surface area contributed by atoms with Gasteiger partial charge in [-0.25, -0.2) is 0 Å². The SMILES string of the molecule is [CH2]C1(C)CN([C@H](C)[C@H](N)CCC)CCC1/C=C/C=C(/C)C=C. The average molecular weight is 304 g/mol. The lowest BCUT2D eigenvalue weighted by molar-refractivity contribution is 0.0587. The van der Waals surface area contributed by atoms with E-state index in [2.05, 4.69) is 64.3 Å². The van der Waals surface area contributed by atoms with Gasteiger partial charge in [0.25, 0.3) is 0 Å². The molecule has 0 aromatic heterocycles. The molecule has 1 heterocycles. The minimum atomic E-state index is 0.0465. The van der Waals surface area contributed by atoms with Gasteiger partial charge in [-0.3, -0.25) is 4.90 Å². The van der Waals surface area contributed by atoms with Crippen LogP contribution >= 0.6 is 0 Å². The largest absolute Gasteiger partial charge is 0.326 e. The number of nitrogens with zero attached hydrogens (tertiary/aromatic N) is 1. The number of piperidine rings is 1. The minimum absolute atomic E-state index is 0.0465. The lowest BCUT2D eigenvalue weighted by Crippen LogP contribution is -2.54. The Balaban J connectivity index is 2.67. The van der Waals surface area contributed by atoms with Gasteiger partial charge in [0.05, 0.1) is 0 Å². The Kier molecular flexibility index (Phi) is 7.58. The van der Waals surface area contributed by atoms with E-state index < -0.39 is 0 Å². The van der Waals surface area contributed by atoms with E-state index in [1.165, 1.54) is 5.57 Å². The van der Waals surface area contributed by atoms with Crippen molar-refractivity contribution in [3.05, 3.63) is 43.4 Å². The van der Waals surface area contributed by atoms with Crippen molar-refractivity contribution >= 4 is 0 Å². The van der Waals surface area contributed by atoms with Crippen LogP contribution in [0.25, 0.3) is 0 Å². The lowest BCUT2D eigenvalue weighted by atomic mass is 9.73. The molecule has 125 valence electrons. The monoisotopic (exact) mass is 303 g/mol. The van der Waals surface area contributed by atoms with Crippen LogP contribution in [0.3, 0.4) is 0 Å². The van der Waals surface area contributed by atoms with E-state index in [9.17, 15) is 0 Å². The van der Waals surface area contributed by atoms with Gasteiger partial charge < -0.3 is 5.73 Å². The second-order valence-electron chi connectivity index (χ2n) is 7.21. The zero-order valence-corrected chi connectivity index (χ0v) is 15.0. The van der Waals surface area contributed by atoms with Crippen molar-refractivity contribution in [3.63, 3.8) is 0 Å². The van der Waals surface area contributed by atoms with Gasteiger partial charge in [0.15, 0.2) is 0 Å². The summed E-state index contributed by atoms with van der Waals surface area (Å²) in [4.78, 5) is 2.53. The van der Waals surface area contributed by atoms with Crippen molar-refractivity contribution in [2.75, 3.05) is 13.1 Å². The zero-order valence-electron chi connectivity index (χ0n) is 15.0. The Bertz CT molecular complexity index is 406. The van der Waals surface area contributed by atoms with Crippen LogP contribution in [0.4, 0.5) is 0 Å². The molecule has 4 atom stereocenters. The van der Waals surface area contributed by atoms with Crippen molar-refractivity contribution < 1.29 is 0 Å². The normalized spacial score (nSPS) is 26.1. The second kappa shape index (κ2) is 8.69. The van der Waals surface area contributed by atoms with Crippen molar-refractivity contribution in [3.8, 4) is 0 Å². The Morgan fingerprint density at radius 3 is 2.73 bits per heavy atom. The molecule has 1 rings (SSSR count). The Hall–Kier alpha value is -0.860. The van der Waals surface area contributed by atoms with Gasteiger partial charge >= 0.3 is 0 Å². The van der Waals surface area contributed by atoms with Gasteiger partial charge in [-0.1, -0.05) is 56.7 Å². The van der Waals surface area contributed by atoms with Gasteiger partial charge in [-0.2, -0.15) is 0 Å². The predicted octanol–water partition coefficient (Wildman–Crippen LogP) is 4.35. The summed E-state index contributed by atoms with van der Waals surface area (Å²) in [6.45, 7) is 19.2. The Morgan fingerprint density at radius 2 is 2.18 bits per heavy atom. The van der Waals surface area contributed by atoms with Crippen LogP contribution in [0.2, 0.25) is 0 Å². The van der Waals surface area contributed by atoms with E-state index >= 15 is 0 Å². The molecule has 1 aliphatic rings. The highest BCUT2D eigenvalue weighted by Crippen LogP contribution is 2.36. The molecule has 0 aliphatic carbocycles. The molecule has 0 saturated carbocycles. The molecule has 0 aromatic rings. The molecule has 2 nitrogen and oxygen atoms in total. The van der Waals surface area contributed by atoms with E-state index in [0.29, 0.717) is 12.0 Å². The fourth-order valence-corrected chi connectivity index (χ4v) is 3.24. The maximum Gasteiger partial charge on any atom is 0.0219 e. The molecule has 1 fully saturated rings. The van der Waals surface area contributed by atoms with Gasteiger partial charge in [0.2, 0.25) is 0 Å². The minimum Gasteiger partial charge on any atom is -0.326 e. The first-order valence-electron chi connectivity index (χ1n) is 8.64. The third-order valence-corrected chi connectivity index (χ3v) is 5.03. The third kappa shape index (κ3) is 5.40. The molecule has 1 saturated heterocycles. The van der Waals surface area contributed by atoms with Crippen LogP contribution in [0.5, 0.6) is 0 Å². The van der Waals surface area contributed by atoms with E-state index in [4.69, 9.17) is 5.73 Å². The standard InChI is InChI=1S/C20H35N2/c1-7-10-19(21)17(4)22-14-13-18(20(5,6)15-22)12-9-11-16(3)8-2/h8-9,11-12,17-19H,2,5,7,10,13-15,21H2,1,3-4,6H3/b12-9+,16-11-/t17-,18?,19-,20?/m1/s1. The maximum atomic E-state index is 6.32. The van der Waals surface area contributed by atoms with E-state index in [0.717, 1.165) is 32.4 Å². The summed E-state index contributed by atoms with van der Waals surface area (Å²) in [6, 6.07) is 0.708. The molecule has 2 unspecified atom stereocenters. The summed E-state index contributed by atoms with van der Waals surface area (Å²) in [7, 11) is 0. The first kappa shape index (κ1) is 19.2. The number of hydrogen-bond donors (Lipinski definition) is 1. The molecule has 0 bridgehead atoms. The number of likely N-dealkylation sites (tertiary alicyclic amines) is 1. The second-order valence-corrected chi connectivity index (χ2v) is 7.21. The van der Waals surface area contributed by atoms with Crippen molar-refractivity contribution in [2.24, 2.45) is 17.1 Å². The van der Waals surface area contributed by atoms with Crippen LogP contribution in [-0.2, 0) is 0 Å². The fourth-order valence-electron chi connectivity index (χ4n) is 3.24. The van der Waals surface area contributed by atoms with Crippen molar-refractivity contribution in [2.45, 2.75) is 59.0 Å². The van der Waals surface area contributed by atoms with Crippen LogP contribution in [0, 0.1) is 18.3 Å². The summed E-state index contributed by atoms with van der Waals surface area (Å²) in [5, 5.41) is 0. The van der Waals surface area contributed by atoms with Crippen LogP contribution in [-0.4, -0.2) is 30.1 Å². The molecule has 0 aromatic carbocycles. The quantitative estimate of drug-likeness (QED) is 0.708. The third-order valence-electron chi connectivity index (χ3n) is 5.03. The molecule has 2 N–H and O–H groups in total. The summed E-state index contributed by atoms with van der Waals surface area (Å²) < 4.78 is 0. The zero-order chi connectivity index (χ0) is 16.8. The Labute approximate surface area is 138 Å². The molecule has 1 aliphatic heterocycles. The molecule has 22 heavy (non-hydrogen) atoms. The first-order valence-corrected chi connectivity index (χ1v) is 8.64. The van der Waals surface area contributed by atoms with Gasteiger partial charge in [-0.15, -0.1) is 0 Å². The summed E-state index contributed by atoms with van der Waals surface area (Å²) in [5.41, 5.74) is 7.56. The van der Waals surface area contributed by atoms with Gasteiger partial charge in [0, 0.05) is 18.6 Å². The fraction of sp³-hybridized carbons (Fsp3) is 0.650. The molecule has 1 radical (unpaired) electrons. The molecule has 0 amide bonds. The number of hydrogen-bond acceptors (Lipinski definition) is 2. The van der Waals surface area contributed by atoms with Crippen LogP contribution < -0.4 is 5.73 Å². The average Bonchev–Trinajstić information content (AvgIpc) is 2.47. The smallest absolute Gasteiger partial charge is 0.0219 e. The lowest BCUT2D eigenvalue weighted by Gasteiger charge is -2.46. The number of allylic oxidation sites excluding steroid dienone is 5. The highest BCUT2D eigenvalue weighted by atomic mass is 15.2. The molecular weight excluding hydrogens is 268 g/mol. The highest BCUT2D eigenvalue weighted by Gasteiger charge is 2.36. The maximum absolute atomic E-state index is 6.32. The Morgan fingerprint density at radius 1 is 1.50 bits per heavy atom. The summed E-state index contributed by atoms with van der Waals surface area (Å²) in [6.07, 6.45) is 11.9. The highest BCUT2D eigenvalue weighted by molar-refractivity contribution is 5.20. The summed E-state index contributed by atoms with van der Waals surface area (Å²) in [5.74, 6) is 0.521. The van der Waals surface area contributed by atoms with Gasteiger partial charge in [-0.05, 0) is 51.5 Å². The van der Waals surface area contributed by atoms with Gasteiger partial charge in [0.1, 0.15) is 0 Å². The van der Waals surface area contributed by atoms with Crippen LogP contribution in [0.15, 0.2) is 36.5 Å². The van der Waals surface area contributed by atoms with Crippen molar-refractivity contribution in [1.82, 2.24) is 4.90 Å². The number of rotatable bonds is 7. The predicted molar refractivity (Wildman–Crippen MR) is 98.6 cm³/mol. The van der Waals surface area contributed by atoms with Crippen molar-refractivity contribution in [1.29, 1.82) is 0 Å². The molecule has 2 heteroatoms. The van der Waals surface area contributed by atoms with Crippen LogP contribution in [0.1, 0.15) is 47.0 Å². The van der Waals surface area contributed by atoms with E-state index in [1.54, 1.807) is 0 Å². The van der Waals surface area contributed by atoms with E-state index in [-0.39, 0.29) is 11.5 Å². The summed E-state index contributed by atoms with van der Waals surface area (Å²) >= 11 is 0.